The third kappa shape index (κ3) is 5.02. The Labute approximate surface area is 115 Å². The highest BCUT2D eigenvalue weighted by atomic mass is 16.5. The van der Waals surface area contributed by atoms with Gasteiger partial charge in [0, 0.05) is 13.2 Å². The Morgan fingerprint density at radius 1 is 1.21 bits per heavy atom. The normalized spacial score (nSPS) is 17.2. The Bertz CT molecular complexity index is 391. The molecule has 0 amide bonds. The first-order valence-electron chi connectivity index (χ1n) is 7.09. The molecule has 0 aromatic heterocycles. The number of rotatable bonds is 6. The molecule has 1 aliphatic rings. The number of piperidine rings is 1. The van der Waals surface area contributed by atoms with Crippen molar-refractivity contribution in [3.63, 3.8) is 0 Å². The van der Waals surface area contributed by atoms with Crippen LogP contribution in [-0.4, -0.2) is 31.2 Å². The van der Waals surface area contributed by atoms with Gasteiger partial charge in [-0.15, -0.1) is 0 Å². The fourth-order valence-electron chi connectivity index (χ4n) is 2.52. The van der Waals surface area contributed by atoms with Crippen LogP contribution in [-0.2, 0) is 11.3 Å². The van der Waals surface area contributed by atoms with E-state index in [9.17, 15) is 0 Å². The molecule has 19 heavy (non-hydrogen) atoms. The lowest BCUT2D eigenvalue weighted by Gasteiger charge is -2.31. The van der Waals surface area contributed by atoms with E-state index in [0.29, 0.717) is 18.9 Å². The van der Waals surface area contributed by atoms with Gasteiger partial charge in [0.2, 0.25) is 0 Å². The number of ether oxygens (including phenoxy) is 1. The van der Waals surface area contributed by atoms with Crippen molar-refractivity contribution in [1.82, 2.24) is 4.90 Å². The van der Waals surface area contributed by atoms with Crippen molar-refractivity contribution in [2.24, 2.45) is 5.92 Å². The van der Waals surface area contributed by atoms with Crippen molar-refractivity contribution in [2.75, 3.05) is 26.3 Å². The summed E-state index contributed by atoms with van der Waals surface area (Å²) in [7, 11) is 0. The van der Waals surface area contributed by atoms with Crippen LogP contribution in [0.3, 0.4) is 0 Å². The van der Waals surface area contributed by atoms with Crippen LogP contribution in [0.15, 0.2) is 30.3 Å². The minimum atomic E-state index is 0.507. The monoisotopic (exact) mass is 258 g/mol. The predicted octanol–water partition coefficient (Wildman–Crippen LogP) is 2.83. The Morgan fingerprint density at radius 2 is 1.95 bits per heavy atom. The molecule has 0 bridgehead atoms. The summed E-state index contributed by atoms with van der Waals surface area (Å²) in [5, 5.41) is 8.44. The van der Waals surface area contributed by atoms with Gasteiger partial charge < -0.3 is 4.74 Å². The second-order valence-electron chi connectivity index (χ2n) is 5.19. The van der Waals surface area contributed by atoms with E-state index in [1.807, 2.05) is 0 Å². The number of benzene rings is 1. The molecule has 1 aliphatic heterocycles. The van der Waals surface area contributed by atoms with Gasteiger partial charge in [-0.3, -0.25) is 4.90 Å². The van der Waals surface area contributed by atoms with E-state index in [1.54, 1.807) is 0 Å². The molecule has 102 valence electrons. The maximum Gasteiger partial charge on any atom is 0.0645 e. The molecule has 1 fully saturated rings. The van der Waals surface area contributed by atoms with Gasteiger partial charge in [-0.1, -0.05) is 30.3 Å². The van der Waals surface area contributed by atoms with Crippen molar-refractivity contribution in [2.45, 2.75) is 25.8 Å². The first-order chi connectivity index (χ1) is 9.38. The fourth-order valence-corrected chi connectivity index (χ4v) is 2.52. The summed E-state index contributed by atoms with van der Waals surface area (Å²) in [6.45, 7) is 4.77. The van der Waals surface area contributed by atoms with Crippen molar-refractivity contribution in [1.29, 1.82) is 5.26 Å². The number of hydrogen-bond acceptors (Lipinski definition) is 3. The molecule has 2 rings (SSSR count). The van der Waals surface area contributed by atoms with E-state index >= 15 is 0 Å². The summed E-state index contributed by atoms with van der Waals surface area (Å²) in [6, 6.07) is 12.8. The van der Waals surface area contributed by atoms with Crippen molar-refractivity contribution >= 4 is 0 Å². The third-order valence-corrected chi connectivity index (χ3v) is 3.67. The molecule has 0 unspecified atom stereocenters. The number of likely N-dealkylation sites (tertiary alicyclic amines) is 1. The molecule has 1 aromatic carbocycles. The van der Waals surface area contributed by atoms with Crippen molar-refractivity contribution in [3.8, 4) is 6.07 Å². The molecule has 0 spiro atoms. The van der Waals surface area contributed by atoms with Crippen LogP contribution in [0.4, 0.5) is 0 Å². The molecular formula is C16H22N2O. The first kappa shape index (κ1) is 14.0. The Kier molecular flexibility index (Phi) is 5.87. The molecule has 0 saturated carbocycles. The summed E-state index contributed by atoms with van der Waals surface area (Å²) >= 11 is 0. The van der Waals surface area contributed by atoms with Crippen LogP contribution in [0, 0.1) is 17.2 Å². The zero-order chi connectivity index (χ0) is 13.3. The Balaban J connectivity index is 1.64. The summed E-state index contributed by atoms with van der Waals surface area (Å²) < 4.78 is 5.53. The molecule has 0 atom stereocenters. The molecule has 0 N–H and O–H groups in total. The molecule has 1 aromatic rings. The van der Waals surface area contributed by atoms with Crippen LogP contribution in [0.1, 0.15) is 24.8 Å². The minimum absolute atomic E-state index is 0.507. The second kappa shape index (κ2) is 7.93. The molecule has 0 aliphatic carbocycles. The highest BCUT2D eigenvalue weighted by Gasteiger charge is 2.19. The average Bonchev–Trinajstić information content (AvgIpc) is 2.46. The lowest BCUT2D eigenvalue weighted by atomic mass is 9.97. The van der Waals surface area contributed by atoms with Crippen molar-refractivity contribution < 1.29 is 4.74 Å². The quantitative estimate of drug-likeness (QED) is 0.736. The summed E-state index contributed by atoms with van der Waals surface area (Å²) in [5.74, 6) is 0.672. The van der Waals surface area contributed by atoms with Gasteiger partial charge >= 0.3 is 0 Å². The van der Waals surface area contributed by atoms with Crippen LogP contribution < -0.4 is 0 Å². The molecule has 1 heterocycles. The summed E-state index contributed by atoms with van der Waals surface area (Å²) in [6.07, 6.45) is 2.92. The van der Waals surface area contributed by atoms with Gasteiger partial charge in [-0.25, -0.2) is 0 Å². The number of nitrogens with zero attached hydrogens (tertiary/aromatic N) is 2. The van der Waals surface area contributed by atoms with Crippen molar-refractivity contribution in [3.05, 3.63) is 35.9 Å². The number of nitriles is 1. The largest absolute Gasteiger partial charge is 0.380 e. The Hall–Kier alpha value is -1.37. The average molecular weight is 258 g/mol. The van der Waals surface area contributed by atoms with Crippen LogP contribution >= 0.6 is 0 Å². The lowest BCUT2D eigenvalue weighted by Crippen LogP contribution is -2.34. The van der Waals surface area contributed by atoms with E-state index in [1.165, 1.54) is 18.4 Å². The van der Waals surface area contributed by atoms with Gasteiger partial charge in [0.15, 0.2) is 0 Å². The topological polar surface area (TPSA) is 36.3 Å². The third-order valence-electron chi connectivity index (χ3n) is 3.67. The smallest absolute Gasteiger partial charge is 0.0645 e. The highest BCUT2D eigenvalue weighted by Crippen LogP contribution is 2.19. The van der Waals surface area contributed by atoms with Gasteiger partial charge in [0.25, 0.3) is 0 Å². The van der Waals surface area contributed by atoms with Gasteiger partial charge in [-0.2, -0.15) is 5.26 Å². The van der Waals surface area contributed by atoms with Crippen LogP contribution in [0.25, 0.3) is 0 Å². The Morgan fingerprint density at radius 3 is 2.63 bits per heavy atom. The summed E-state index contributed by atoms with van der Waals surface area (Å²) in [5.41, 5.74) is 1.39. The van der Waals surface area contributed by atoms with E-state index in [2.05, 4.69) is 41.3 Å². The fraction of sp³-hybridized carbons (Fsp3) is 0.562. The standard InChI is InChI=1S/C16H22N2O/c17-9-4-12-19-14-16-7-10-18(11-8-16)13-15-5-2-1-3-6-15/h1-3,5-6,16H,4,7-8,10-14H2. The van der Waals surface area contributed by atoms with Crippen LogP contribution in [0.2, 0.25) is 0 Å². The van der Waals surface area contributed by atoms with Gasteiger partial charge in [0.1, 0.15) is 0 Å². The first-order valence-corrected chi connectivity index (χ1v) is 7.09. The van der Waals surface area contributed by atoms with E-state index in [4.69, 9.17) is 10.00 Å². The zero-order valence-corrected chi connectivity index (χ0v) is 11.4. The van der Waals surface area contributed by atoms with Gasteiger partial charge in [0.05, 0.1) is 19.1 Å². The van der Waals surface area contributed by atoms with E-state index < -0.39 is 0 Å². The SMILES string of the molecule is N#CCCOCC1CCN(Cc2ccccc2)CC1. The molecule has 3 heteroatoms. The zero-order valence-electron chi connectivity index (χ0n) is 11.4. The predicted molar refractivity (Wildman–Crippen MR) is 75.5 cm³/mol. The lowest BCUT2D eigenvalue weighted by molar-refractivity contribution is 0.0682. The van der Waals surface area contributed by atoms with Gasteiger partial charge in [-0.05, 0) is 37.4 Å². The maximum atomic E-state index is 8.44. The van der Waals surface area contributed by atoms with Crippen LogP contribution in [0.5, 0.6) is 0 Å². The molecule has 1 saturated heterocycles. The molecule has 0 radical (unpaired) electrons. The molecule has 3 nitrogen and oxygen atoms in total. The maximum absolute atomic E-state index is 8.44. The minimum Gasteiger partial charge on any atom is -0.380 e. The van der Waals surface area contributed by atoms with E-state index in [-0.39, 0.29) is 0 Å². The molecular weight excluding hydrogens is 236 g/mol. The number of hydrogen-bond donors (Lipinski definition) is 0. The van der Waals surface area contributed by atoms with E-state index in [0.717, 1.165) is 26.2 Å². The summed E-state index contributed by atoms with van der Waals surface area (Å²) in [4.78, 5) is 2.51. The highest BCUT2D eigenvalue weighted by molar-refractivity contribution is 5.14. The second-order valence-corrected chi connectivity index (χ2v) is 5.19.